The van der Waals surface area contributed by atoms with Gasteiger partial charge in [-0.25, -0.2) is 4.79 Å². The lowest BCUT2D eigenvalue weighted by molar-refractivity contribution is -0.113. The second kappa shape index (κ2) is 11.3. The third-order valence-corrected chi connectivity index (χ3v) is 8.30. The van der Waals surface area contributed by atoms with Gasteiger partial charge in [0.2, 0.25) is 5.91 Å². The van der Waals surface area contributed by atoms with E-state index in [-0.39, 0.29) is 17.6 Å². The lowest BCUT2D eigenvalue weighted by Gasteiger charge is -2.21. The molecule has 3 aromatic rings. The fourth-order valence-electron chi connectivity index (χ4n) is 4.31. The zero-order chi connectivity index (χ0) is 24.9. The smallest absolute Gasteiger partial charge is 0.341 e. The van der Waals surface area contributed by atoms with E-state index in [1.165, 1.54) is 33.7 Å². The largest absolute Gasteiger partial charge is 0.462 e. The number of benzene rings is 1. The van der Waals surface area contributed by atoms with Gasteiger partial charge in [0, 0.05) is 36.3 Å². The van der Waals surface area contributed by atoms with E-state index in [0.29, 0.717) is 22.3 Å². The Bertz CT molecular complexity index is 1200. The molecule has 0 bridgehead atoms. The summed E-state index contributed by atoms with van der Waals surface area (Å²) in [4.78, 5) is 28.7. The van der Waals surface area contributed by atoms with Crippen LogP contribution < -0.4 is 10.2 Å². The Morgan fingerprint density at radius 1 is 1.14 bits per heavy atom. The Kier molecular flexibility index (Phi) is 8.12. The molecule has 1 aromatic carbocycles. The van der Waals surface area contributed by atoms with Crippen LogP contribution in [0.5, 0.6) is 0 Å². The van der Waals surface area contributed by atoms with Gasteiger partial charge in [-0.2, -0.15) is 0 Å². The van der Waals surface area contributed by atoms with E-state index in [1.54, 1.807) is 6.92 Å². The summed E-state index contributed by atoms with van der Waals surface area (Å²) < 4.78 is 7.14. The van der Waals surface area contributed by atoms with E-state index in [1.807, 2.05) is 23.7 Å². The molecule has 35 heavy (non-hydrogen) atoms. The van der Waals surface area contributed by atoms with Crippen molar-refractivity contribution in [2.45, 2.75) is 45.2 Å². The molecule has 0 saturated heterocycles. The summed E-state index contributed by atoms with van der Waals surface area (Å²) in [5.41, 5.74) is 3.70. The van der Waals surface area contributed by atoms with Crippen molar-refractivity contribution in [3.05, 3.63) is 40.3 Å². The molecule has 0 aliphatic heterocycles. The number of ether oxygens (including phenoxy) is 1. The fraction of sp³-hybridized carbons (Fsp3) is 0.440. The van der Waals surface area contributed by atoms with Crippen molar-refractivity contribution in [3.63, 3.8) is 0 Å². The highest BCUT2D eigenvalue weighted by Gasteiger charge is 2.28. The van der Waals surface area contributed by atoms with Crippen LogP contribution in [-0.2, 0) is 29.4 Å². The van der Waals surface area contributed by atoms with E-state index in [2.05, 4.69) is 46.4 Å². The van der Waals surface area contributed by atoms with Gasteiger partial charge in [0.15, 0.2) is 11.0 Å². The Labute approximate surface area is 214 Å². The number of aromatic nitrogens is 3. The van der Waals surface area contributed by atoms with Crippen molar-refractivity contribution >= 4 is 45.7 Å². The number of hydrogen-bond acceptors (Lipinski definition) is 8. The zero-order valence-corrected chi connectivity index (χ0v) is 22.2. The second-order valence-electron chi connectivity index (χ2n) is 8.20. The highest BCUT2D eigenvalue weighted by molar-refractivity contribution is 7.99. The van der Waals surface area contributed by atoms with Gasteiger partial charge in [-0.1, -0.05) is 11.8 Å². The number of carbonyl (C=O) groups is 2. The van der Waals surface area contributed by atoms with Crippen LogP contribution in [0.2, 0.25) is 0 Å². The molecule has 0 fully saturated rings. The van der Waals surface area contributed by atoms with Gasteiger partial charge in [0.25, 0.3) is 0 Å². The highest BCUT2D eigenvalue weighted by atomic mass is 32.2. The Morgan fingerprint density at radius 2 is 1.89 bits per heavy atom. The summed E-state index contributed by atoms with van der Waals surface area (Å²) in [7, 11) is 1.90. The molecule has 186 valence electrons. The van der Waals surface area contributed by atoms with Gasteiger partial charge in [-0.05, 0) is 69.9 Å². The summed E-state index contributed by atoms with van der Waals surface area (Å²) in [6, 6.07) is 8.28. The Balaban J connectivity index is 1.42. The summed E-state index contributed by atoms with van der Waals surface area (Å²) >= 11 is 2.80. The lowest BCUT2D eigenvalue weighted by atomic mass is 10.1. The molecular weight excluding hydrogens is 482 g/mol. The summed E-state index contributed by atoms with van der Waals surface area (Å²) in [6.07, 6.45) is 2.82. The van der Waals surface area contributed by atoms with Crippen LogP contribution in [0.15, 0.2) is 29.4 Å². The van der Waals surface area contributed by atoms with Gasteiger partial charge in [-0.3, -0.25) is 4.79 Å². The summed E-state index contributed by atoms with van der Waals surface area (Å²) in [5, 5.41) is 12.8. The molecule has 2 heterocycles. The number of anilines is 2. The van der Waals surface area contributed by atoms with Crippen molar-refractivity contribution in [2.24, 2.45) is 7.05 Å². The summed E-state index contributed by atoms with van der Waals surface area (Å²) in [5.74, 6) is 0.365. The van der Waals surface area contributed by atoms with Crippen LogP contribution in [0.25, 0.3) is 11.4 Å². The molecule has 2 aromatic heterocycles. The van der Waals surface area contributed by atoms with Crippen LogP contribution in [0.3, 0.4) is 0 Å². The molecule has 4 rings (SSSR count). The SMILES string of the molecule is CCOC(=O)c1c(NC(=O)CSc2nnc(-c3ccc(N(CC)CC)cc3)n2C)sc2c1CCC2. The predicted molar refractivity (Wildman–Crippen MR) is 142 cm³/mol. The third kappa shape index (κ3) is 5.38. The number of esters is 1. The minimum absolute atomic E-state index is 0.164. The number of aryl methyl sites for hydroxylation is 1. The molecule has 8 nitrogen and oxygen atoms in total. The second-order valence-corrected chi connectivity index (χ2v) is 10.3. The maximum Gasteiger partial charge on any atom is 0.341 e. The minimum Gasteiger partial charge on any atom is -0.462 e. The highest BCUT2D eigenvalue weighted by Crippen LogP contribution is 2.39. The first kappa shape index (κ1) is 25.2. The van der Waals surface area contributed by atoms with Crippen molar-refractivity contribution < 1.29 is 14.3 Å². The average Bonchev–Trinajstić information content (AvgIpc) is 3.54. The normalized spacial score (nSPS) is 12.5. The molecule has 1 N–H and O–H groups in total. The topological polar surface area (TPSA) is 89.3 Å². The average molecular weight is 514 g/mol. The number of nitrogens with one attached hydrogen (secondary N) is 1. The van der Waals surface area contributed by atoms with Crippen LogP contribution in [-0.4, -0.2) is 52.1 Å². The number of thiophene rings is 1. The third-order valence-electron chi connectivity index (χ3n) is 6.08. The molecule has 1 aliphatic rings. The van der Waals surface area contributed by atoms with Crippen molar-refractivity contribution in [2.75, 3.05) is 35.7 Å². The lowest BCUT2D eigenvalue weighted by Crippen LogP contribution is -2.21. The summed E-state index contributed by atoms with van der Waals surface area (Å²) in [6.45, 7) is 8.29. The first-order valence-corrected chi connectivity index (χ1v) is 13.8. The molecule has 0 unspecified atom stereocenters. The molecule has 0 atom stereocenters. The van der Waals surface area contributed by atoms with Gasteiger partial charge >= 0.3 is 5.97 Å². The number of thioether (sulfide) groups is 1. The van der Waals surface area contributed by atoms with E-state index < -0.39 is 0 Å². The fourth-order valence-corrected chi connectivity index (χ4v) is 6.31. The van der Waals surface area contributed by atoms with Gasteiger partial charge in [0.1, 0.15) is 5.00 Å². The van der Waals surface area contributed by atoms with E-state index in [9.17, 15) is 9.59 Å². The minimum atomic E-state index is -0.361. The number of carbonyl (C=O) groups excluding carboxylic acids is 2. The monoisotopic (exact) mass is 513 g/mol. The standard InChI is InChI=1S/C25H31N5O3S2/c1-5-30(6-2)17-13-11-16(12-14-17)22-27-28-25(29(22)4)34-15-20(31)26-23-21(24(32)33-7-3)18-9-8-10-19(18)35-23/h11-14H,5-10,15H2,1-4H3,(H,26,31). The van der Waals surface area contributed by atoms with E-state index >= 15 is 0 Å². The first-order chi connectivity index (χ1) is 17.0. The van der Waals surface area contributed by atoms with E-state index in [4.69, 9.17) is 4.74 Å². The van der Waals surface area contributed by atoms with Crippen molar-refractivity contribution in [1.82, 2.24) is 14.8 Å². The Hall–Kier alpha value is -2.85. The number of rotatable bonds is 10. The Morgan fingerprint density at radius 3 is 2.57 bits per heavy atom. The molecule has 10 heteroatoms. The first-order valence-electron chi connectivity index (χ1n) is 12.0. The van der Waals surface area contributed by atoms with Gasteiger partial charge in [0.05, 0.1) is 17.9 Å². The number of hydrogen-bond donors (Lipinski definition) is 1. The van der Waals surface area contributed by atoms with Gasteiger partial charge in [-0.15, -0.1) is 21.5 Å². The van der Waals surface area contributed by atoms with Crippen LogP contribution in [0.1, 0.15) is 48.0 Å². The molecular formula is C25H31N5O3S2. The number of amides is 1. The van der Waals surface area contributed by atoms with Crippen LogP contribution in [0, 0.1) is 0 Å². The predicted octanol–water partition coefficient (Wildman–Crippen LogP) is 4.79. The molecule has 0 radical (unpaired) electrons. The molecule has 0 spiro atoms. The molecule has 0 saturated carbocycles. The number of fused-ring (bicyclic) bond motifs is 1. The number of nitrogens with zero attached hydrogens (tertiary/aromatic N) is 4. The maximum absolute atomic E-state index is 12.8. The van der Waals surface area contributed by atoms with Crippen molar-refractivity contribution in [3.8, 4) is 11.4 Å². The zero-order valence-electron chi connectivity index (χ0n) is 20.6. The molecule has 1 aliphatic carbocycles. The van der Waals surface area contributed by atoms with Crippen LogP contribution in [0.4, 0.5) is 10.7 Å². The van der Waals surface area contributed by atoms with Crippen LogP contribution >= 0.6 is 23.1 Å². The quantitative estimate of drug-likeness (QED) is 0.308. The van der Waals surface area contributed by atoms with E-state index in [0.717, 1.165) is 49.3 Å². The van der Waals surface area contributed by atoms with Crippen molar-refractivity contribution in [1.29, 1.82) is 0 Å². The van der Waals surface area contributed by atoms with Gasteiger partial charge < -0.3 is 19.5 Å². The molecule has 1 amide bonds. The maximum atomic E-state index is 12.8.